The van der Waals surface area contributed by atoms with Crippen LogP contribution in [0.1, 0.15) is 50.8 Å². The van der Waals surface area contributed by atoms with Crippen molar-refractivity contribution in [3.63, 3.8) is 0 Å². The van der Waals surface area contributed by atoms with Crippen molar-refractivity contribution in [2.75, 3.05) is 7.11 Å². The van der Waals surface area contributed by atoms with E-state index in [1.54, 1.807) is 7.11 Å². The molecule has 0 radical (unpaired) electrons. The molecule has 0 spiro atoms. The molecule has 0 aliphatic carbocycles. The van der Waals surface area contributed by atoms with Gasteiger partial charge in [-0.1, -0.05) is 56.3 Å². The van der Waals surface area contributed by atoms with Crippen LogP contribution < -0.4 is 15.4 Å². The predicted molar refractivity (Wildman–Crippen MR) is 111 cm³/mol. The number of ether oxygens (including phenoxy) is 1. The molecule has 0 aliphatic rings. The minimum absolute atomic E-state index is 0.0156. The smallest absolute Gasteiger partial charge is 0.247 e. The summed E-state index contributed by atoms with van der Waals surface area (Å²) in [5.74, 6) is 0.0480. The van der Waals surface area contributed by atoms with E-state index in [-0.39, 0.29) is 29.7 Å². The lowest BCUT2D eigenvalue weighted by Gasteiger charge is -2.26. The lowest BCUT2D eigenvalue weighted by atomic mass is 9.87. The molecule has 2 N–H and O–H groups in total. The van der Waals surface area contributed by atoms with Crippen molar-refractivity contribution in [3.05, 3.63) is 65.7 Å². The summed E-state index contributed by atoms with van der Waals surface area (Å²) in [6.07, 6.45) is 0. The first kappa shape index (κ1) is 21.5. The molecule has 5 heteroatoms. The number of carbonyl (C=O) groups is 2. The summed E-state index contributed by atoms with van der Waals surface area (Å²) in [4.78, 5) is 26.0. The first-order valence-electron chi connectivity index (χ1n) is 9.63. The number of nitrogens with one attached hydrogen (secondary N) is 2. The molecule has 0 aromatic heterocycles. The van der Waals surface area contributed by atoms with E-state index in [0.717, 1.165) is 16.9 Å². The van der Waals surface area contributed by atoms with Gasteiger partial charge in [0, 0.05) is 6.04 Å². The topological polar surface area (TPSA) is 67.4 Å². The zero-order valence-corrected chi connectivity index (χ0v) is 17.2. The highest BCUT2D eigenvalue weighted by molar-refractivity contribution is 5.91. The van der Waals surface area contributed by atoms with E-state index in [9.17, 15) is 9.59 Å². The van der Waals surface area contributed by atoms with Crippen LogP contribution in [-0.4, -0.2) is 25.0 Å². The maximum Gasteiger partial charge on any atom is 0.247 e. The van der Waals surface area contributed by atoms with E-state index in [4.69, 9.17) is 4.74 Å². The van der Waals surface area contributed by atoms with Gasteiger partial charge in [-0.3, -0.25) is 9.59 Å². The highest BCUT2D eigenvalue weighted by Gasteiger charge is 2.29. The molecule has 2 atom stereocenters. The van der Waals surface area contributed by atoms with Gasteiger partial charge in [0.05, 0.1) is 13.0 Å². The van der Waals surface area contributed by atoms with Gasteiger partial charge in [-0.25, -0.2) is 0 Å². The van der Waals surface area contributed by atoms with Crippen LogP contribution in [0.15, 0.2) is 54.6 Å². The molecule has 0 fully saturated rings. The average Bonchev–Trinajstić information content (AvgIpc) is 2.66. The molecule has 0 saturated heterocycles. The van der Waals surface area contributed by atoms with Gasteiger partial charge in [0.1, 0.15) is 11.8 Å². The first-order chi connectivity index (χ1) is 13.3. The zero-order valence-electron chi connectivity index (χ0n) is 17.2. The fourth-order valence-electron chi connectivity index (χ4n) is 3.20. The molecule has 2 aromatic rings. The van der Waals surface area contributed by atoms with Crippen molar-refractivity contribution >= 4 is 11.8 Å². The summed E-state index contributed by atoms with van der Waals surface area (Å²) in [6.45, 7) is 7.80. The van der Waals surface area contributed by atoms with Gasteiger partial charge >= 0.3 is 0 Å². The third kappa shape index (κ3) is 5.59. The predicted octanol–water partition coefficient (Wildman–Crippen LogP) is 3.82. The van der Waals surface area contributed by atoms with E-state index in [1.165, 1.54) is 0 Å². The Morgan fingerprint density at radius 2 is 1.39 bits per heavy atom. The van der Waals surface area contributed by atoms with Crippen molar-refractivity contribution in [3.8, 4) is 5.75 Å². The Morgan fingerprint density at radius 3 is 1.89 bits per heavy atom. The van der Waals surface area contributed by atoms with Crippen LogP contribution in [0.5, 0.6) is 5.75 Å². The second-order valence-electron chi connectivity index (χ2n) is 7.51. The highest BCUT2D eigenvalue weighted by Crippen LogP contribution is 2.27. The number of hydrogen-bond donors (Lipinski definition) is 2. The van der Waals surface area contributed by atoms with Crippen LogP contribution in [0.25, 0.3) is 0 Å². The van der Waals surface area contributed by atoms with Crippen LogP contribution in [0.4, 0.5) is 0 Å². The van der Waals surface area contributed by atoms with E-state index in [1.807, 2.05) is 82.3 Å². The van der Waals surface area contributed by atoms with Crippen LogP contribution in [0, 0.1) is 5.92 Å². The second-order valence-corrected chi connectivity index (χ2v) is 7.51. The number of methoxy groups -OCH3 is 1. The van der Waals surface area contributed by atoms with Crippen molar-refractivity contribution < 1.29 is 14.3 Å². The Balaban J connectivity index is 2.29. The quantitative estimate of drug-likeness (QED) is 0.729. The van der Waals surface area contributed by atoms with Crippen LogP contribution >= 0.6 is 0 Å². The van der Waals surface area contributed by atoms with Gasteiger partial charge in [-0.15, -0.1) is 0 Å². The van der Waals surface area contributed by atoms with Gasteiger partial charge in [-0.05, 0) is 43.0 Å². The van der Waals surface area contributed by atoms with E-state index in [2.05, 4.69) is 10.6 Å². The number of amides is 2. The van der Waals surface area contributed by atoms with Crippen molar-refractivity contribution in [1.29, 1.82) is 0 Å². The molecule has 1 unspecified atom stereocenters. The van der Waals surface area contributed by atoms with Crippen LogP contribution in [0.2, 0.25) is 0 Å². The summed E-state index contributed by atoms with van der Waals surface area (Å²) < 4.78 is 5.21. The van der Waals surface area contributed by atoms with Gasteiger partial charge < -0.3 is 15.4 Å². The molecular formula is C23H30N2O3. The molecule has 150 valence electrons. The summed E-state index contributed by atoms with van der Waals surface area (Å²) >= 11 is 0. The minimum atomic E-state index is -0.740. The maximum absolute atomic E-state index is 13.2. The van der Waals surface area contributed by atoms with Gasteiger partial charge in [0.15, 0.2) is 0 Å². The summed E-state index contributed by atoms with van der Waals surface area (Å²) in [7, 11) is 1.61. The van der Waals surface area contributed by atoms with E-state index in [0.29, 0.717) is 0 Å². The summed E-state index contributed by atoms with van der Waals surface area (Å²) in [5.41, 5.74) is 1.65. The van der Waals surface area contributed by atoms with Crippen molar-refractivity contribution in [2.24, 2.45) is 5.92 Å². The number of rotatable bonds is 8. The molecule has 0 saturated carbocycles. The average molecular weight is 383 g/mol. The molecule has 2 aromatic carbocycles. The van der Waals surface area contributed by atoms with Crippen LogP contribution in [-0.2, 0) is 9.59 Å². The maximum atomic E-state index is 13.2. The fourth-order valence-corrected chi connectivity index (χ4v) is 3.20. The second kappa shape index (κ2) is 9.93. The monoisotopic (exact) mass is 382 g/mol. The normalized spacial score (nSPS) is 13.1. The number of hydrogen-bond acceptors (Lipinski definition) is 3. The third-order valence-electron chi connectivity index (χ3n) is 4.54. The Kier molecular flexibility index (Phi) is 7.61. The Labute approximate surface area is 167 Å². The Morgan fingerprint density at radius 1 is 0.786 bits per heavy atom. The largest absolute Gasteiger partial charge is 0.497 e. The molecule has 0 aliphatic heterocycles. The SMILES string of the molecule is COc1ccc(C(C(=O)N[C@H](C(=O)NC(C)C)c2ccccc2)C(C)C)cc1. The van der Waals surface area contributed by atoms with Gasteiger partial charge in [-0.2, -0.15) is 0 Å². The molecule has 2 rings (SSSR count). The first-order valence-corrected chi connectivity index (χ1v) is 9.63. The lowest BCUT2D eigenvalue weighted by molar-refractivity contribution is -0.130. The molecule has 0 heterocycles. The van der Waals surface area contributed by atoms with Gasteiger partial charge in [0.2, 0.25) is 11.8 Å². The van der Waals surface area contributed by atoms with E-state index >= 15 is 0 Å². The lowest BCUT2D eigenvalue weighted by Crippen LogP contribution is -2.44. The van der Waals surface area contributed by atoms with E-state index < -0.39 is 6.04 Å². The Bertz CT molecular complexity index is 770. The molecular weight excluding hydrogens is 352 g/mol. The van der Waals surface area contributed by atoms with Crippen molar-refractivity contribution in [1.82, 2.24) is 10.6 Å². The molecule has 0 bridgehead atoms. The molecule has 5 nitrogen and oxygen atoms in total. The van der Waals surface area contributed by atoms with Crippen molar-refractivity contribution in [2.45, 2.75) is 45.7 Å². The Hall–Kier alpha value is -2.82. The highest BCUT2D eigenvalue weighted by atomic mass is 16.5. The summed E-state index contributed by atoms with van der Waals surface area (Å²) in [6, 6.07) is 16.0. The molecule has 28 heavy (non-hydrogen) atoms. The molecule has 2 amide bonds. The van der Waals surface area contributed by atoms with Gasteiger partial charge in [0.25, 0.3) is 0 Å². The van der Waals surface area contributed by atoms with Crippen LogP contribution in [0.3, 0.4) is 0 Å². The standard InChI is InChI=1S/C23H30N2O3/c1-15(2)20(17-11-13-19(28-5)14-12-17)22(26)25-21(23(27)24-16(3)4)18-9-7-6-8-10-18/h6-16,20-21H,1-5H3,(H,24,27)(H,25,26)/t20?,21-/m0/s1. The summed E-state index contributed by atoms with van der Waals surface area (Å²) in [5, 5.41) is 5.86. The fraction of sp³-hybridized carbons (Fsp3) is 0.391. The third-order valence-corrected chi connectivity index (χ3v) is 4.54. The minimum Gasteiger partial charge on any atom is -0.497 e. The number of benzene rings is 2. The number of carbonyl (C=O) groups excluding carboxylic acids is 2. The zero-order chi connectivity index (χ0) is 20.7.